The standard InChI is InChI=1S/C13H18N4O3/c1-16-5-7-17(8-6-16)15-13(20)14-11-4-2-3-10(9-11)12(18)19/h2-4,9H,5-8H2,1H3,(H,18,19)(H2,14,15,20). The molecule has 1 saturated heterocycles. The van der Waals surface area contributed by atoms with Gasteiger partial charge in [0.1, 0.15) is 0 Å². The van der Waals surface area contributed by atoms with Crippen LogP contribution in [0.1, 0.15) is 10.4 Å². The van der Waals surface area contributed by atoms with Crippen LogP contribution in [-0.2, 0) is 0 Å². The van der Waals surface area contributed by atoms with Gasteiger partial charge in [-0.3, -0.25) is 5.43 Å². The molecule has 1 aromatic carbocycles. The maximum Gasteiger partial charge on any atom is 0.335 e. The van der Waals surface area contributed by atoms with E-state index >= 15 is 0 Å². The summed E-state index contributed by atoms with van der Waals surface area (Å²) in [5.74, 6) is -1.02. The maximum atomic E-state index is 11.8. The van der Waals surface area contributed by atoms with E-state index in [4.69, 9.17) is 5.11 Å². The second-order valence-electron chi connectivity index (χ2n) is 4.74. The molecular formula is C13H18N4O3. The molecule has 0 aliphatic carbocycles. The Morgan fingerprint density at radius 2 is 1.90 bits per heavy atom. The number of aromatic carboxylic acids is 1. The van der Waals surface area contributed by atoms with Crippen LogP contribution in [0.3, 0.4) is 0 Å². The fourth-order valence-electron chi connectivity index (χ4n) is 1.95. The highest BCUT2D eigenvalue weighted by molar-refractivity contribution is 5.92. The lowest BCUT2D eigenvalue weighted by Gasteiger charge is -2.32. The number of hydrogen-bond acceptors (Lipinski definition) is 4. The van der Waals surface area contributed by atoms with E-state index in [1.165, 1.54) is 12.1 Å². The van der Waals surface area contributed by atoms with Crippen LogP contribution in [0, 0.1) is 0 Å². The number of carbonyl (C=O) groups excluding carboxylic acids is 1. The van der Waals surface area contributed by atoms with Crippen molar-refractivity contribution in [3.63, 3.8) is 0 Å². The molecule has 108 valence electrons. The molecule has 0 saturated carbocycles. The Labute approximate surface area is 117 Å². The zero-order valence-corrected chi connectivity index (χ0v) is 11.3. The number of carboxylic acid groups (broad SMARTS) is 1. The molecule has 0 spiro atoms. The van der Waals surface area contributed by atoms with E-state index in [-0.39, 0.29) is 11.6 Å². The van der Waals surface area contributed by atoms with Crippen LogP contribution in [0.5, 0.6) is 0 Å². The number of hydrogen-bond donors (Lipinski definition) is 3. The third-order valence-electron chi connectivity index (χ3n) is 3.13. The molecule has 0 radical (unpaired) electrons. The fourth-order valence-corrected chi connectivity index (χ4v) is 1.95. The Bertz CT molecular complexity index is 498. The van der Waals surface area contributed by atoms with Crippen LogP contribution < -0.4 is 10.7 Å². The summed E-state index contributed by atoms with van der Waals surface area (Å²) in [6, 6.07) is 5.78. The van der Waals surface area contributed by atoms with Gasteiger partial charge in [-0.05, 0) is 25.2 Å². The van der Waals surface area contributed by atoms with Gasteiger partial charge in [-0.15, -0.1) is 0 Å². The molecule has 0 unspecified atom stereocenters. The lowest BCUT2D eigenvalue weighted by Crippen LogP contribution is -2.53. The average molecular weight is 278 g/mol. The quantitative estimate of drug-likeness (QED) is 0.756. The van der Waals surface area contributed by atoms with Gasteiger partial charge in [0, 0.05) is 31.9 Å². The molecule has 3 N–H and O–H groups in total. The topological polar surface area (TPSA) is 84.9 Å². The Hall–Kier alpha value is -2.12. The predicted octanol–water partition coefficient (Wildman–Crippen LogP) is 0.669. The highest BCUT2D eigenvalue weighted by Crippen LogP contribution is 2.10. The third kappa shape index (κ3) is 3.94. The number of rotatable bonds is 3. The first-order valence-corrected chi connectivity index (χ1v) is 6.39. The van der Waals surface area contributed by atoms with Gasteiger partial charge in [0.05, 0.1) is 5.56 Å². The zero-order valence-electron chi connectivity index (χ0n) is 11.3. The summed E-state index contributed by atoms with van der Waals surface area (Å²) < 4.78 is 0. The first-order valence-electron chi connectivity index (χ1n) is 6.39. The van der Waals surface area contributed by atoms with Gasteiger partial charge in [0.25, 0.3) is 0 Å². The summed E-state index contributed by atoms with van der Waals surface area (Å²) in [5, 5.41) is 13.4. The average Bonchev–Trinajstić information content (AvgIpc) is 2.41. The van der Waals surface area contributed by atoms with Gasteiger partial charge in [0.15, 0.2) is 0 Å². The number of hydrazine groups is 1. The number of anilines is 1. The van der Waals surface area contributed by atoms with Gasteiger partial charge in [-0.1, -0.05) is 6.07 Å². The molecule has 1 fully saturated rings. The van der Waals surface area contributed by atoms with E-state index in [1.807, 2.05) is 12.1 Å². The number of piperazine rings is 1. The Kier molecular flexibility index (Phi) is 4.54. The summed E-state index contributed by atoms with van der Waals surface area (Å²) in [6.07, 6.45) is 0. The molecule has 7 heteroatoms. The minimum absolute atomic E-state index is 0.141. The molecule has 7 nitrogen and oxygen atoms in total. The summed E-state index contributed by atoms with van der Waals surface area (Å²) in [7, 11) is 2.04. The van der Waals surface area contributed by atoms with Gasteiger partial charge < -0.3 is 15.3 Å². The first-order chi connectivity index (χ1) is 9.54. The minimum Gasteiger partial charge on any atom is -0.478 e. The number of benzene rings is 1. The number of nitrogens with one attached hydrogen (secondary N) is 2. The molecule has 0 bridgehead atoms. The Balaban J connectivity index is 1.88. The molecule has 0 aromatic heterocycles. The van der Waals surface area contributed by atoms with E-state index in [9.17, 15) is 9.59 Å². The van der Waals surface area contributed by atoms with E-state index in [0.717, 1.165) is 26.2 Å². The molecule has 2 amide bonds. The molecule has 0 atom stereocenters. The summed E-state index contributed by atoms with van der Waals surface area (Å²) in [6.45, 7) is 3.32. The lowest BCUT2D eigenvalue weighted by molar-refractivity contribution is 0.0697. The van der Waals surface area contributed by atoms with Crippen molar-refractivity contribution in [2.24, 2.45) is 0 Å². The van der Waals surface area contributed by atoms with E-state index in [0.29, 0.717) is 5.69 Å². The van der Waals surface area contributed by atoms with Crippen LogP contribution in [0.25, 0.3) is 0 Å². The molecule has 2 rings (SSSR count). The number of carboxylic acids is 1. The molecule has 20 heavy (non-hydrogen) atoms. The van der Waals surface area contributed by atoms with Gasteiger partial charge in [-0.25, -0.2) is 14.6 Å². The van der Waals surface area contributed by atoms with Crippen LogP contribution in [0.4, 0.5) is 10.5 Å². The van der Waals surface area contributed by atoms with Crippen molar-refractivity contribution in [3.05, 3.63) is 29.8 Å². The van der Waals surface area contributed by atoms with Crippen molar-refractivity contribution in [1.29, 1.82) is 0 Å². The van der Waals surface area contributed by atoms with Crippen molar-refractivity contribution in [3.8, 4) is 0 Å². The third-order valence-corrected chi connectivity index (χ3v) is 3.13. The number of urea groups is 1. The monoisotopic (exact) mass is 278 g/mol. The van der Waals surface area contributed by atoms with Crippen molar-refractivity contribution in [1.82, 2.24) is 15.3 Å². The predicted molar refractivity (Wildman–Crippen MR) is 74.6 cm³/mol. The van der Waals surface area contributed by atoms with E-state index < -0.39 is 5.97 Å². The molecule has 1 heterocycles. The smallest absolute Gasteiger partial charge is 0.335 e. The summed E-state index contributed by atoms with van der Waals surface area (Å²) in [4.78, 5) is 24.9. The van der Waals surface area contributed by atoms with Crippen LogP contribution in [0.2, 0.25) is 0 Å². The number of nitrogens with zero attached hydrogens (tertiary/aromatic N) is 2. The van der Waals surface area contributed by atoms with Crippen LogP contribution >= 0.6 is 0 Å². The normalized spacial score (nSPS) is 16.6. The van der Waals surface area contributed by atoms with Crippen LogP contribution in [0.15, 0.2) is 24.3 Å². The van der Waals surface area contributed by atoms with Gasteiger partial charge in [0.2, 0.25) is 0 Å². The number of likely N-dealkylation sites (N-methyl/N-ethyl adjacent to an activating group) is 1. The van der Waals surface area contributed by atoms with Crippen molar-refractivity contribution in [2.45, 2.75) is 0 Å². The molecular weight excluding hydrogens is 260 g/mol. The second-order valence-corrected chi connectivity index (χ2v) is 4.74. The second kappa shape index (κ2) is 6.36. The van der Waals surface area contributed by atoms with Gasteiger partial charge >= 0.3 is 12.0 Å². The largest absolute Gasteiger partial charge is 0.478 e. The molecule has 1 aliphatic heterocycles. The van der Waals surface area contributed by atoms with Crippen LogP contribution in [-0.4, -0.2) is 60.2 Å². The number of amides is 2. The maximum absolute atomic E-state index is 11.8. The number of carbonyl (C=O) groups is 2. The summed E-state index contributed by atoms with van der Waals surface area (Å²) >= 11 is 0. The SMILES string of the molecule is CN1CCN(NC(=O)Nc2cccc(C(=O)O)c2)CC1. The highest BCUT2D eigenvalue weighted by atomic mass is 16.4. The molecule has 1 aliphatic rings. The first kappa shape index (κ1) is 14.3. The van der Waals surface area contributed by atoms with Gasteiger partial charge in [-0.2, -0.15) is 0 Å². The zero-order chi connectivity index (χ0) is 14.5. The lowest BCUT2D eigenvalue weighted by atomic mass is 10.2. The van der Waals surface area contributed by atoms with E-state index in [1.54, 1.807) is 12.1 Å². The molecule has 1 aromatic rings. The Morgan fingerprint density at radius 3 is 2.55 bits per heavy atom. The minimum atomic E-state index is -1.02. The Morgan fingerprint density at radius 1 is 1.20 bits per heavy atom. The van der Waals surface area contributed by atoms with Crippen molar-refractivity contribution in [2.75, 3.05) is 38.5 Å². The summed E-state index contributed by atoms with van der Waals surface area (Å²) in [5.41, 5.74) is 3.34. The van der Waals surface area contributed by atoms with E-state index in [2.05, 4.69) is 15.6 Å². The van der Waals surface area contributed by atoms with Crippen molar-refractivity contribution >= 4 is 17.7 Å². The highest BCUT2D eigenvalue weighted by Gasteiger charge is 2.15. The van der Waals surface area contributed by atoms with Crippen molar-refractivity contribution < 1.29 is 14.7 Å². The fraction of sp³-hybridized carbons (Fsp3) is 0.385.